The van der Waals surface area contributed by atoms with Crippen LogP contribution in [0.5, 0.6) is 0 Å². The number of carbonyl (C=O) groups excluding carboxylic acids is 2. The minimum absolute atomic E-state index is 0. The predicted molar refractivity (Wildman–Crippen MR) is 71.7 cm³/mol. The highest BCUT2D eigenvalue weighted by Crippen LogP contribution is 2.05. The Bertz CT molecular complexity index is 252. The second-order valence-corrected chi connectivity index (χ2v) is 4.85. The summed E-state index contributed by atoms with van der Waals surface area (Å²) in [5.74, 6) is 0.362. The van der Waals surface area contributed by atoms with Gasteiger partial charge in [-0.2, -0.15) is 0 Å². The lowest BCUT2D eigenvalue weighted by Crippen LogP contribution is -2.47. The first-order chi connectivity index (χ1) is 7.25. The summed E-state index contributed by atoms with van der Waals surface area (Å²) >= 11 is 0. The lowest BCUT2D eigenvalue weighted by atomic mass is 10.0. The summed E-state index contributed by atoms with van der Waals surface area (Å²) in [5.41, 5.74) is 0. The van der Waals surface area contributed by atoms with E-state index in [9.17, 15) is 9.59 Å². The molecule has 0 aliphatic carbocycles. The van der Waals surface area contributed by atoms with E-state index in [1.165, 1.54) is 11.8 Å². The molecular formula is C13H28N2O2. The Labute approximate surface area is 106 Å². The Hall–Kier alpha value is -1.06. The topological polar surface area (TPSA) is 49.4 Å². The quantitative estimate of drug-likeness (QED) is 0.804. The Morgan fingerprint density at radius 3 is 2.00 bits per heavy atom. The Morgan fingerprint density at radius 1 is 1.18 bits per heavy atom. The van der Waals surface area contributed by atoms with E-state index in [0.29, 0.717) is 5.92 Å². The number of nitrogens with zero attached hydrogens (tertiary/aromatic N) is 1. The molecule has 4 nitrogen and oxygen atoms in total. The molecule has 17 heavy (non-hydrogen) atoms. The van der Waals surface area contributed by atoms with E-state index in [4.69, 9.17) is 0 Å². The molecule has 0 fully saturated rings. The first-order valence-corrected chi connectivity index (χ1v) is 5.79. The summed E-state index contributed by atoms with van der Waals surface area (Å²) in [5, 5.41) is 2.91. The van der Waals surface area contributed by atoms with Crippen LogP contribution in [0.3, 0.4) is 0 Å². The lowest BCUT2D eigenvalue weighted by molar-refractivity contribution is -0.137. The first kappa shape index (κ1) is 18.3. The van der Waals surface area contributed by atoms with Crippen molar-refractivity contribution in [3.63, 3.8) is 0 Å². The number of nitrogens with one attached hydrogen (secondary N) is 1. The molecule has 0 aromatic heterocycles. The fraction of sp³-hybridized carbons (Fsp3) is 0.846. The smallest absolute Gasteiger partial charge is 0.242 e. The van der Waals surface area contributed by atoms with Gasteiger partial charge >= 0.3 is 0 Å². The molecule has 2 atom stereocenters. The van der Waals surface area contributed by atoms with E-state index in [1.54, 1.807) is 14.0 Å². The summed E-state index contributed by atoms with van der Waals surface area (Å²) in [6, 6.07) is -0.262. The normalized spacial score (nSPS) is 13.6. The van der Waals surface area contributed by atoms with Crippen molar-refractivity contribution in [3.8, 4) is 0 Å². The minimum Gasteiger partial charge on any atom is -0.352 e. The summed E-state index contributed by atoms with van der Waals surface area (Å²) in [6.07, 6.45) is 0.947. The van der Waals surface area contributed by atoms with E-state index in [2.05, 4.69) is 19.2 Å². The predicted octanol–water partition coefficient (Wildman–Crippen LogP) is 2.04. The molecular weight excluding hydrogens is 216 g/mol. The molecule has 4 heteroatoms. The van der Waals surface area contributed by atoms with E-state index >= 15 is 0 Å². The number of carbonyl (C=O) groups is 2. The Balaban J connectivity index is 0. The van der Waals surface area contributed by atoms with Gasteiger partial charge in [0.1, 0.15) is 6.04 Å². The van der Waals surface area contributed by atoms with Crippen molar-refractivity contribution >= 4 is 11.8 Å². The molecule has 0 radical (unpaired) electrons. The number of hydrogen-bond acceptors (Lipinski definition) is 2. The molecule has 0 aliphatic rings. The molecule has 102 valence electrons. The molecule has 0 aromatic carbocycles. The molecule has 0 rings (SSSR count). The van der Waals surface area contributed by atoms with E-state index in [-0.39, 0.29) is 25.3 Å². The average molecular weight is 244 g/mol. The maximum Gasteiger partial charge on any atom is 0.242 e. The maximum atomic E-state index is 11.8. The number of amides is 2. The number of rotatable bonds is 5. The largest absolute Gasteiger partial charge is 0.352 e. The third kappa shape index (κ3) is 6.97. The molecule has 0 heterocycles. The van der Waals surface area contributed by atoms with Gasteiger partial charge in [0.15, 0.2) is 0 Å². The Morgan fingerprint density at radius 2 is 1.65 bits per heavy atom. The maximum absolute atomic E-state index is 11.8. The van der Waals surface area contributed by atoms with Gasteiger partial charge in [-0.1, -0.05) is 21.3 Å². The van der Waals surface area contributed by atoms with Gasteiger partial charge < -0.3 is 10.2 Å². The van der Waals surface area contributed by atoms with Gasteiger partial charge in [-0.3, -0.25) is 9.59 Å². The van der Waals surface area contributed by atoms with Crippen molar-refractivity contribution in [2.75, 3.05) is 7.05 Å². The van der Waals surface area contributed by atoms with Crippen LogP contribution in [0, 0.1) is 5.92 Å². The summed E-state index contributed by atoms with van der Waals surface area (Å²) in [4.78, 5) is 24.3. The zero-order valence-corrected chi connectivity index (χ0v) is 11.2. The average Bonchev–Trinajstić information content (AvgIpc) is 2.13. The standard InChI is InChI=1S/C12H24N2O2.CH4/c1-8(2)7-9(3)13-12(16)10(4)14(6)11(5)15;/h8-10H,7H2,1-6H3,(H,13,16);1H4. The van der Waals surface area contributed by atoms with Crippen molar-refractivity contribution in [1.82, 2.24) is 10.2 Å². The van der Waals surface area contributed by atoms with Crippen LogP contribution >= 0.6 is 0 Å². The Kier molecular flexibility index (Phi) is 8.72. The summed E-state index contributed by atoms with van der Waals surface area (Å²) in [6.45, 7) is 9.42. The molecule has 0 saturated heterocycles. The highest BCUT2D eigenvalue weighted by molar-refractivity contribution is 5.86. The first-order valence-electron chi connectivity index (χ1n) is 5.79. The van der Waals surface area contributed by atoms with Gasteiger partial charge in [-0.15, -0.1) is 0 Å². The van der Waals surface area contributed by atoms with E-state index in [1.807, 2.05) is 6.92 Å². The monoisotopic (exact) mass is 244 g/mol. The van der Waals surface area contributed by atoms with Gasteiger partial charge in [0.2, 0.25) is 11.8 Å². The van der Waals surface area contributed by atoms with Crippen molar-refractivity contribution in [3.05, 3.63) is 0 Å². The highest BCUT2D eigenvalue weighted by Gasteiger charge is 2.21. The van der Waals surface area contributed by atoms with Crippen LogP contribution in [0.4, 0.5) is 0 Å². The van der Waals surface area contributed by atoms with Gasteiger partial charge in [-0.05, 0) is 26.2 Å². The SMILES string of the molecule is C.CC(=O)N(C)C(C)C(=O)NC(C)CC(C)C. The molecule has 2 amide bonds. The third-order valence-electron chi connectivity index (χ3n) is 2.67. The van der Waals surface area contributed by atoms with Crippen molar-refractivity contribution in [2.24, 2.45) is 5.92 Å². The zero-order valence-electron chi connectivity index (χ0n) is 11.2. The van der Waals surface area contributed by atoms with Gasteiger partial charge in [-0.25, -0.2) is 0 Å². The second kappa shape index (κ2) is 8.09. The summed E-state index contributed by atoms with van der Waals surface area (Å²) in [7, 11) is 1.64. The molecule has 0 saturated carbocycles. The minimum atomic E-state index is -0.410. The molecule has 2 unspecified atom stereocenters. The van der Waals surface area contributed by atoms with Gasteiger partial charge in [0.05, 0.1) is 0 Å². The van der Waals surface area contributed by atoms with Crippen LogP contribution in [0.1, 0.15) is 48.5 Å². The van der Waals surface area contributed by atoms with Gasteiger partial charge in [0.25, 0.3) is 0 Å². The summed E-state index contributed by atoms with van der Waals surface area (Å²) < 4.78 is 0. The highest BCUT2D eigenvalue weighted by atomic mass is 16.2. The second-order valence-electron chi connectivity index (χ2n) is 4.85. The van der Waals surface area contributed by atoms with Crippen LogP contribution in [-0.4, -0.2) is 35.8 Å². The third-order valence-corrected chi connectivity index (χ3v) is 2.67. The molecule has 0 aliphatic heterocycles. The van der Waals surface area contributed by atoms with Crippen LogP contribution in [0.2, 0.25) is 0 Å². The molecule has 0 bridgehead atoms. The van der Waals surface area contributed by atoms with Crippen molar-refractivity contribution < 1.29 is 9.59 Å². The fourth-order valence-corrected chi connectivity index (χ4v) is 1.58. The van der Waals surface area contributed by atoms with Crippen LogP contribution in [0.15, 0.2) is 0 Å². The molecule has 1 N–H and O–H groups in total. The van der Waals surface area contributed by atoms with Crippen LogP contribution < -0.4 is 5.32 Å². The fourth-order valence-electron chi connectivity index (χ4n) is 1.58. The van der Waals surface area contributed by atoms with Crippen LogP contribution in [0.25, 0.3) is 0 Å². The van der Waals surface area contributed by atoms with E-state index in [0.717, 1.165) is 6.42 Å². The molecule has 0 aromatic rings. The zero-order chi connectivity index (χ0) is 12.9. The molecule has 0 spiro atoms. The lowest BCUT2D eigenvalue weighted by Gasteiger charge is -2.25. The van der Waals surface area contributed by atoms with Gasteiger partial charge in [0, 0.05) is 20.0 Å². The van der Waals surface area contributed by atoms with E-state index < -0.39 is 6.04 Å². The number of hydrogen-bond donors (Lipinski definition) is 1. The van der Waals surface area contributed by atoms with Crippen molar-refractivity contribution in [2.45, 2.75) is 60.5 Å². The number of likely N-dealkylation sites (N-methyl/N-ethyl adjacent to an activating group) is 1. The van der Waals surface area contributed by atoms with Crippen molar-refractivity contribution in [1.29, 1.82) is 0 Å². The van der Waals surface area contributed by atoms with Crippen LogP contribution in [-0.2, 0) is 9.59 Å².